The summed E-state index contributed by atoms with van der Waals surface area (Å²) in [4.78, 5) is 15.5. The predicted octanol–water partition coefficient (Wildman–Crippen LogP) is 4.41. The van der Waals surface area contributed by atoms with Gasteiger partial charge in [0.2, 0.25) is 5.91 Å². The van der Waals surface area contributed by atoms with Crippen LogP contribution >= 0.6 is 0 Å². The zero-order valence-corrected chi connectivity index (χ0v) is 13.5. The number of nitrogens with one attached hydrogen (secondary N) is 2. The van der Waals surface area contributed by atoms with Gasteiger partial charge in [0.05, 0.1) is 6.42 Å². The second kappa shape index (κ2) is 5.88. The standard InChI is InChI=1S/C19H19FN2O/c1-11-4-6-15(8-12(11)2)22-19(23)10-16-13(3)21-18-7-5-14(20)9-17(16)18/h4-9,21H,10H2,1-3H3,(H,22,23). The van der Waals surface area contributed by atoms with E-state index in [1.807, 2.05) is 39.0 Å². The van der Waals surface area contributed by atoms with Crippen LogP contribution in [-0.2, 0) is 11.2 Å². The lowest BCUT2D eigenvalue weighted by Crippen LogP contribution is -2.15. The fourth-order valence-electron chi connectivity index (χ4n) is 2.77. The van der Waals surface area contributed by atoms with Gasteiger partial charge in [0.15, 0.2) is 0 Å². The molecule has 2 aromatic carbocycles. The third-order valence-corrected chi connectivity index (χ3v) is 4.21. The lowest BCUT2D eigenvalue weighted by molar-refractivity contribution is -0.115. The molecule has 2 N–H and O–H groups in total. The molecule has 1 heterocycles. The van der Waals surface area contributed by atoms with Crippen molar-refractivity contribution in [3.05, 3.63) is 64.6 Å². The Balaban J connectivity index is 1.84. The number of benzene rings is 2. The van der Waals surface area contributed by atoms with Crippen molar-refractivity contribution >= 4 is 22.5 Å². The summed E-state index contributed by atoms with van der Waals surface area (Å²) < 4.78 is 13.5. The summed E-state index contributed by atoms with van der Waals surface area (Å²) in [5, 5.41) is 3.67. The Labute approximate surface area is 134 Å². The quantitative estimate of drug-likeness (QED) is 0.739. The molecule has 0 bridgehead atoms. The van der Waals surface area contributed by atoms with Crippen molar-refractivity contribution in [2.45, 2.75) is 27.2 Å². The summed E-state index contributed by atoms with van der Waals surface area (Å²) >= 11 is 0. The van der Waals surface area contributed by atoms with Gasteiger partial charge in [-0.05, 0) is 67.8 Å². The first-order valence-electron chi connectivity index (χ1n) is 7.58. The number of amides is 1. The van der Waals surface area contributed by atoms with Gasteiger partial charge in [0.25, 0.3) is 0 Å². The van der Waals surface area contributed by atoms with Crippen LogP contribution in [0.1, 0.15) is 22.4 Å². The zero-order valence-electron chi connectivity index (χ0n) is 13.5. The molecule has 0 spiro atoms. The number of hydrogen-bond acceptors (Lipinski definition) is 1. The molecule has 0 aliphatic heterocycles. The molecular weight excluding hydrogens is 291 g/mol. The average molecular weight is 310 g/mol. The number of anilines is 1. The highest BCUT2D eigenvalue weighted by Crippen LogP contribution is 2.24. The number of carbonyl (C=O) groups excluding carboxylic acids is 1. The van der Waals surface area contributed by atoms with E-state index < -0.39 is 0 Å². The lowest BCUT2D eigenvalue weighted by Gasteiger charge is -2.08. The number of aromatic nitrogens is 1. The van der Waals surface area contributed by atoms with Crippen molar-refractivity contribution in [2.24, 2.45) is 0 Å². The van der Waals surface area contributed by atoms with E-state index in [0.29, 0.717) is 0 Å². The second-order valence-electron chi connectivity index (χ2n) is 5.94. The van der Waals surface area contributed by atoms with Crippen LogP contribution < -0.4 is 5.32 Å². The molecule has 118 valence electrons. The Kier molecular flexibility index (Phi) is 3.90. The molecule has 1 aromatic heterocycles. The molecule has 3 nitrogen and oxygen atoms in total. The fourth-order valence-corrected chi connectivity index (χ4v) is 2.77. The highest BCUT2D eigenvalue weighted by atomic mass is 19.1. The van der Waals surface area contributed by atoms with Crippen molar-refractivity contribution in [2.75, 3.05) is 5.32 Å². The SMILES string of the molecule is Cc1ccc(NC(=O)Cc2c(C)[nH]c3ccc(F)cc23)cc1C. The van der Waals surface area contributed by atoms with E-state index in [2.05, 4.69) is 10.3 Å². The molecule has 23 heavy (non-hydrogen) atoms. The first kappa shape index (κ1) is 15.3. The van der Waals surface area contributed by atoms with Gasteiger partial charge in [-0.25, -0.2) is 4.39 Å². The van der Waals surface area contributed by atoms with Crippen LogP contribution in [0.4, 0.5) is 10.1 Å². The fraction of sp³-hybridized carbons (Fsp3) is 0.211. The van der Waals surface area contributed by atoms with Gasteiger partial charge < -0.3 is 10.3 Å². The number of halogens is 1. The maximum Gasteiger partial charge on any atom is 0.228 e. The molecule has 3 aromatic rings. The number of H-pyrrole nitrogens is 1. The van der Waals surface area contributed by atoms with Crippen molar-refractivity contribution in [1.82, 2.24) is 4.98 Å². The monoisotopic (exact) mass is 310 g/mol. The predicted molar refractivity (Wildman–Crippen MR) is 91.2 cm³/mol. The molecule has 3 rings (SSSR count). The molecule has 0 unspecified atom stereocenters. The van der Waals surface area contributed by atoms with Gasteiger partial charge >= 0.3 is 0 Å². The molecule has 0 aliphatic carbocycles. The van der Waals surface area contributed by atoms with Crippen LogP contribution in [0, 0.1) is 26.6 Å². The Morgan fingerprint density at radius 1 is 1.09 bits per heavy atom. The maximum atomic E-state index is 13.5. The van der Waals surface area contributed by atoms with Crippen LogP contribution in [0.2, 0.25) is 0 Å². The average Bonchev–Trinajstić information content (AvgIpc) is 2.79. The van der Waals surface area contributed by atoms with E-state index in [-0.39, 0.29) is 18.1 Å². The summed E-state index contributed by atoms with van der Waals surface area (Å²) in [5.41, 5.74) is 5.67. The normalized spacial score (nSPS) is 11.0. The van der Waals surface area contributed by atoms with E-state index in [0.717, 1.165) is 33.4 Å². The van der Waals surface area contributed by atoms with E-state index in [1.165, 1.54) is 17.7 Å². The molecule has 0 saturated carbocycles. The van der Waals surface area contributed by atoms with E-state index in [4.69, 9.17) is 0 Å². The number of hydrogen-bond donors (Lipinski definition) is 2. The first-order chi connectivity index (χ1) is 10.9. The minimum absolute atomic E-state index is 0.110. The minimum Gasteiger partial charge on any atom is -0.358 e. The first-order valence-corrected chi connectivity index (χ1v) is 7.58. The van der Waals surface area contributed by atoms with Gasteiger partial charge in [-0.15, -0.1) is 0 Å². The van der Waals surface area contributed by atoms with Crippen molar-refractivity contribution in [3.63, 3.8) is 0 Å². The Morgan fingerprint density at radius 3 is 2.61 bits per heavy atom. The van der Waals surface area contributed by atoms with Gasteiger partial charge in [-0.3, -0.25) is 4.79 Å². The number of rotatable bonds is 3. The van der Waals surface area contributed by atoms with Crippen LogP contribution in [-0.4, -0.2) is 10.9 Å². The van der Waals surface area contributed by atoms with Crippen molar-refractivity contribution in [1.29, 1.82) is 0 Å². The second-order valence-corrected chi connectivity index (χ2v) is 5.94. The maximum absolute atomic E-state index is 13.5. The van der Waals surface area contributed by atoms with Gasteiger partial charge in [-0.1, -0.05) is 6.07 Å². The molecule has 0 aliphatic rings. The highest BCUT2D eigenvalue weighted by Gasteiger charge is 2.13. The largest absolute Gasteiger partial charge is 0.358 e. The Hall–Kier alpha value is -2.62. The summed E-state index contributed by atoms with van der Waals surface area (Å²) in [7, 11) is 0. The lowest BCUT2D eigenvalue weighted by atomic mass is 10.1. The number of aryl methyl sites for hydroxylation is 3. The molecule has 0 atom stereocenters. The van der Waals surface area contributed by atoms with Crippen LogP contribution in [0.25, 0.3) is 10.9 Å². The molecule has 0 fully saturated rings. The Bertz CT molecular complexity index is 896. The van der Waals surface area contributed by atoms with Gasteiger partial charge in [-0.2, -0.15) is 0 Å². The minimum atomic E-state index is -0.299. The van der Waals surface area contributed by atoms with Gasteiger partial charge in [0.1, 0.15) is 5.82 Å². The highest BCUT2D eigenvalue weighted by molar-refractivity contribution is 5.96. The van der Waals surface area contributed by atoms with Gasteiger partial charge in [0, 0.05) is 22.3 Å². The molecule has 0 saturated heterocycles. The number of aromatic amines is 1. The Morgan fingerprint density at radius 2 is 1.87 bits per heavy atom. The summed E-state index contributed by atoms with van der Waals surface area (Å²) in [6, 6.07) is 10.4. The molecule has 1 amide bonds. The van der Waals surface area contributed by atoms with Crippen molar-refractivity contribution < 1.29 is 9.18 Å². The third kappa shape index (κ3) is 3.11. The van der Waals surface area contributed by atoms with Crippen LogP contribution in [0.5, 0.6) is 0 Å². The van der Waals surface area contributed by atoms with Crippen molar-refractivity contribution in [3.8, 4) is 0 Å². The van der Waals surface area contributed by atoms with Crippen LogP contribution in [0.3, 0.4) is 0 Å². The zero-order chi connectivity index (χ0) is 16.6. The van der Waals surface area contributed by atoms with E-state index in [1.54, 1.807) is 6.07 Å². The third-order valence-electron chi connectivity index (χ3n) is 4.21. The number of fused-ring (bicyclic) bond motifs is 1. The molecule has 4 heteroatoms. The molecular formula is C19H19FN2O. The topological polar surface area (TPSA) is 44.9 Å². The smallest absolute Gasteiger partial charge is 0.228 e. The molecule has 0 radical (unpaired) electrons. The summed E-state index contributed by atoms with van der Waals surface area (Å²) in [5.74, 6) is -0.408. The summed E-state index contributed by atoms with van der Waals surface area (Å²) in [6.07, 6.45) is 0.211. The number of carbonyl (C=O) groups is 1. The van der Waals surface area contributed by atoms with E-state index >= 15 is 0 Å². The van der Waals surface area contributed by atoms with E-state index in [9.17, 15) is 9.18 Å². The summed E-state index contributed by atoms with van der Waals surface area (Å²) in [6.45, 7) is 5.94. The van der Waals surface area contributed by atoms with Crippen LogP contribution in [0.15, 0.2) is 36.4 Å².